The van der Waals surface area contributed by atoms with Crippen molar-refractivity contribution >= 4 is 12.2 Å². The first kappa shape index (κ1) is 22.1. The SMILES string of the molecule is CCC(C)C(C(CC=O)OC)N(C)C(=O)CC(C(C)C)N(C)C. The van der Waals surface area contributed by atoms with Gasteiger partial charge in [-0.2, -0.15) is 0 Å². The Bertz CT molecular complexity index is 350. The molecule has 0 saturated carbocycles. The molecule has 23 heavy (non-hydrogen) atoms. The third-order valence-electron chi connectivity index (χ3n) is 4.90. The predicted octanol–water partition coefficient (Wildman–Crippen LogP) is 2.44. The smallest absolute Gasteiger partial charge is 0.224 e. The van der Waals surface area contributed by atoms with E-state index in [1.54, 1.807) is 12.0 Å². The van der Waals surface area contributed by atoms with Gasteiger partial charge in [-0.1, -0.05) is 34.1 Å². The van der Waals surface area contributed by atoms with Crippen LogP contribution in [-0.4, -0.2) is 68.4 Å². The lowest BCUT2D eigenvalue weighted by molar-refractivity contribution is -0.139. The number of amides is 1. The molecule has 0 bridgehead atoms. The maximum absolute atomic E-state index is 12.8. The predicted molar refractivity (Wildman–Crippen MR) is 94.4 cm³/mol. The first-order chi connectivity index (χ1) is 10.7. The molecule has 0 aliphatic carbocycles. The molecule has 0 saturated heterocycles. The minimum absolute atomic E-state index is 0.0855. The molecule has 0 aliphatic heterocycles. The van der Waals surface area contributed by atoms with Crippen LogP contribution in [0.3, 0.4) is 0 Å². The monoisotopic (exact) mass is 328 g/mol. The van der Waals surface area contributed by atoms with E-state index in [-0.39, 0.29) is 30.0 Å². The van der Waals surface area contributed by atoms with E-state index < -0.39 is 0 Å². The number of ether oxygens (including phenoxy) is 1. The Morgan fingerprint density at radius 1 is 1.17 bits per heavy atom. The number of aldehydes is 1. The van der Waals surface area contributed by atoms with Crippen LogP contribution < -0.4 is 0 Å². The number of carbonyl (C=O) groups excluding carboxylic acids is 2. The van der Waals surface area contributed by atoms with E-state index in [2.05, 4.69) is 32.6 Å². The van der Waals surface area contributed by atoms with E-state index in [0.29, 0.717) is 18.8 Å². The summed E-state index contributed by atoms with van der Waals surface area (Å²) in [6, 6.07) is 0.118. The molecule has 0 aromatic heterocycles. The van der Waals surface area contributed by atoms with Crippen LogP contribution >= 0.6 is 0 Å². The van der Waals surface area contributed by atoms with E-state index in [9.17, 15) is 9.59 Å². The normalized spacial score (nSPS) is 17.0. The average Bonchev–Trinajstić information content (AvgIpc) is 2.50. The molecule has 5 nitrogen and oxygen atoms in total. The van der Waals surface area contributed by atoms with Crippen LogP contribution in [0.2, 0.25) is 0 Å². The lowest BCUT2D eigenvalue weighted by atomic mass is 9.90. The summed E-state index contributed by atoms with van der Waals surface area (Å²) in [5.74, 6) is 0.777. The number of carbonyl (C=O) groups is 2. The molecule has 4 unspecified atom stereocenters. The Balaban J connectivity index is 5.23. The van der Waals surface area contributed by atoms with Gasteiger partial charge in [0.2, 0.25) is 5.91 Å². The second kappa shape index (κ2) is 10.8. The zero-order valence-electron chi connectivity index (χ0n) is 16.2. The number of hydrogen-bond donors (Lipinski definition) is 0. The number of hydrogen-bond acceptors (Lipinski definition) is 4. The third-order valence-corrected chi connectivity index (χ3v) is 4.90. The fourth-order valence-electron chi connectivity index (χ4n) is 3.21. The summed E-state index contributed by atoms with van der Waals surface area (Å²) in [5, 5.41) is 0. The van der Waals surface area contributed by atoms with Gasteiger partial charge in [0.1, 0.15) is 6.29 Å². The van der Waals surface area contributed by atoms with Crippen LogP contribution in [0.5, 0.6) is 0 Å². The van der Waals surface area contributed by atoms with E-state index in [1.165, 1.54) is 0 Å². The highest BCUT2D eigenvalue weighted by molar-refractivity contribution is 5.77. The van der Waals surface area contributed by atoms with Crippen molar-refractivity contribution in [3.05, 3.63) is 0 Å². The van der Waals surface area contributed by atoms with Gasteiger partial charge in [-0.25, -0.2) is 0 Å². The molecule has 0 aromatic rings. The van der Waals surface area contributed by atoms with E-state index in [4.69, 9.17) is 4.74 Å². The van der Waals surface area contributed by atoms with Crippen LogP contribution in [-0.2, 0) is 14.3 Å². The van der Waals surface area contributed by atoms with Crippen LogP contribution in [0, 0.1) is 11.8 Å². The Kier molecular flexibility index (Phi) is 10.3. The maximum atomic E-state index is 12.8. The fourth-order valence-corrected chi connectivity index (χ4v) is 3.21. The van der Waals surface area contributed by atoms with Gasteiger partial charge in [-0.05, 0) is 25.9 Å². The second-order valence-electron chi connectivity index (χ2n) is 7.04. The van der Waals surface area contributed by atoms with Gasteiger partial charge in [-0.15, -0.1) is 0 Å². The highest BCUT2D eigenvalue weighted by Gasteiger charge is 2.33. The van der Waals surface area contributed by atoms with Crippen LogP contribution in [0.15, 0.2) is 0 Å². The van der Waals surface area contributed by atoms with Gasteiger partial charge in [0.05, 0.1) is 12.1 Å². The van der Waals surface area contributed by atoms with Gasteiger partial charge < -0.3 is 19.3 Å². The summed E-state index contributed by atoms with van der Waals surface area (Å²) < 4.78 is 5.51. The second-order valence-corrected chi connectivity index (χ2v) is 7.04. The van der Waals surface area contributed by atoms with Gasteiger partial charge in [0.25, 0.3) is 0 Å². The maximum Gasteiger partial charge on any atom is 0.224 e. The number of rotatable bonds is 11. The molecule has 5 heteroatoms. The van der Waals surface area contributed by atoms with Crippen LogP contribution in [0.1, 0.15) is 47.0 Å². The molecule has 0 radical (unpaired) electrons. The molecule has 0 N–H and O–H groups in total. The van der Waals surface area contributed by atoms with Crippen molar-refractivity contribution in [3.63, 3.8) is 0 Å². The topological polar surface area (TPSA) is 49.9 Å². The van der Waals surface area contributed by atoms with E-state index >= 15 is 0 Å². The summed E-state index contributed by atoms with van der Waals surface area (Å²) in [6.45, 7) is 8.47. The molecule has 0 aliphatic rings. The summed E-state index contributed by atoms with van der Waals surface area (Å²) in [6.07, 6.45) is 2.34. The molecule has 0 rings (SSSR count). The van der Waals surface area contributed by atoms with Crippen molar-refractivity contribution in [2.75, 3.05) is 28.3 Å². The zero-order chi connectivity index (χ0) is 18.2. The third kappa shape index (κ3) is 6.60. The largest absolute Gasteiger partial charge is 0.379 e. The molecule has 0 aromatic carbocycles. The highest BCUT2D eigenvalue weighted by atomic mass is 16.5. The first-order valence-electron chi connectivity index (χ1n) is 8.59. The quantitative estimate of drug-likeness (QED) is 0.547. The first-order valence-corrected chi connectivity index (χ1v) is 8.59. The van der Waals surface area contributed by atoms with Crippen LogP contribution in [0.25, 0.3) is 0 Å². The van der Waals surface area contributed by atoms with Crippen molar-refractivity contribution in [2.45, 2.75) is 65.1 Å². The Morgan fingerprint density at radius 2 is 1.74 bits per heavy atom. The van der Waals surface area contributed by atoms with Gasteiger partial charge in [0, 0.05) is 33.0 Å². The average molecular weight is 328 g/mol. The molecule has 0 heterocycles. The molecular formula is C18H36N2O3. The number of methoxy groups -OCH3 is 1. The minimum atomic E-state index is -0.256. The summed E-state index contributed by atoms with van der Waals surface area (Å²) >= 11 is 0. The Hall–Kier alpha value is -0.940. The summed E-state index contributed by atoms with van der Waals surface area (Å²) in [7, 11) is 7.46. The van der Waals surface area contributed by atoms with Crippen molar-refractivity contribution in [2.24, 2.45) is 11.8 Å². The molecular weight excluding hydrogens is 292 g/mol. The molecule has 4 atom stereocenters. The van der Waals surface area contributed by atoms with Crippen molar-refractivity contribution in [3.8, 4) is 0 Å². The lowest BCUT2D eigenvalue weighted by Gasteiger charge is -2.38. The molecule has 1 amide bonds. The van der Waals surface area contributed by atoms with Crippen molar-refractivity contribution < 1.29 is 14.3 Å². The Morgan fingerprint density at radius 3 is 2.09 bits per heavy atom. The van der Waals surface area contributed by atoms with E-state index in [0.717, 1.165) is 12.7 Å². The van der Waals surface area contributed by atoms with Gasteiger partial charge in [0.15, 0.2) is 0 Å². The molecule has 136 valence electrons. The van der Waals surface area contributed by atoms with Crippen molar-refractivity contribution in [1.29, 1.82) is 0 Å². The Labute approximate surface area is 142 Å². The number of likely N-dealkylation sites (N-methyl/N-ethyl adjacent to an activating group) is 1. The molecule has 0 fully saturated rings. The lowest BCUT2D eigenvalue weighted by Crippen LogP contribution is -2.51. The van der Waals surface area contributed by atoms with Crippen molar-refractivity contribution in [1.82, 2.24) is 9.80 Å². The standard InChI is InChI=1S/C18H36N2O3/c1-9-14(4)18(16(23-8)10-11-21)20(7)17(22)12-15(13(2)3)19(5)6/h11,13-16,18H,9-10,12H2,1-8H3. The zero-order valence-corrected chi connectivity index (χ0v) is 16.2. The summed E-state index contributed by atoms with van der Waals surface area (Å²) in [5.41, 5.74) is 0. The minimum Gasteiger partial charge on any atom is -0.379 e. The summed E-state index contributed by atoms with van der Waals surface area (Å²) in [4.78, 5) is 27.7. The fraction of sp³-hybridized carbons (Fsp3) is 0.889. The van der Waals surface area contributed by atoms with Gasteiger partial charge >= 0.3 is 0 Å². The number of nitrogens with zero attached hydrogens (tertiary/aromatic N) is 2. The molecule has 0 spiro atoms. The van der Waals surface area contributed by atoms with Crippen LogP contribution in [0.4, 0.5) is 0 Å². The highest BCUT2D eigenvalue weighted by Crippen LogP contribution is 2.23. The van der Waals surface area contributed by atoms with E-state index in [1.807, 2.05) is 21.1 Å². The van der Waals surface area contributed by atoms with Gasteiger partial charge in [-0.3, -0.25) is 4.79 Å².